The number of nitrogens with one attached hydrogen (secondary N) is 1. The van der Waals surface area contributed by atoms with Crippen LogP contribution in [-0.2, 0) is 32.6 Å². The first-order valence-corrected chi connectivity index (χ1v) is 17.5. The fraction of sp³-hybridized carbons (Fsp3) is 0.278. The van der Waals surface area contributed by atoms with E-state index in [1.54, 1.807) is 30.3 Å². The number of anilines is 1. The van der Waals surface area contributed by atoms with Crippen LogP contribution in [0.15, 0.2) is 108 Å². The molecule has 7 nitrogen and oxygen atoms in total. The predicted molar refractivity (Wildman–Crippen MR) is 183 cm³/mol. The molecule has 1 atom stereocenters. The highest BCUT2D eigenvalue weighted by Crippen LogP contribution is 2.35. The van der Waals surface area contributed by atoms with Crippen molar-refractivity contribution in [2.45, 2.75) is 62.6 Å². The van der Waals surface area contributed by atoms with Crippen LogP contribution in [0.4, 0.5) is 5.69 Å². The second kappa shape index (κ2) is 15.2. The minimum atomic E-state index is -4.28. The van der Waals surface area contributed by atoms with Gasteiger partial charge in [0, 0.05) is 19.0 Å². The molecule has 0 bridgehead atoms. The van der Waals surface area contributed by atoms with Gasteiger partial charge in [-0.3, -0.25) is 13.9 Å². The van der Waals surface area contributed by atoms with Gasteiger partial charge in [0.15, 0.2) is 0 Å². The van der Waals surface area contributed by atoms with Crippen LogP contribution < -0.4 is 9.62 Å². The predicted octanol–water partition coefficient (Wildman–Crippen LogP) is 7.20. The molecule has 4 aromatic carbocycles. The summed E-state index contributed by atoms with van der Waals surface area (Å²) in [4.78, 5) is 30.2. The van der Waals surface area contributed by atoms with Crippen molar-refractivity contribution < 1.29 is 18.0 Å². The molecule has 240 valence electrons. The zero-order valence-electron chi connectivity index (χ0n) is 25.6. The van der Waals surface area contributed by atoms with Gasteiger partial charge in [-0.25, -0.2) is 8.42 Å². The third kappa shape index (κ3) is 8.10. The summed E-state index contributed by atoms with van der Waals surface area (Å²) in [6.07, 6.45) is 4.08. The van der Waals surface area contributed by atoms with E-state index in [0.29, 0.717) is 0 Å². The molecule has 1 aliphatic rings. The van der Waals surface area contributed by atoms with Gasteiger partial charge in [-0.1, -0.05) is 120 Å². The lowest BCUT2D eigenvalue weighted by atomic mass is 10.0. The Morgan fingerprint density at radius 3 is 2.15 bits per heavy atom. The smallest absolute Gasteiger partial charge is 0.264 e. The molecule has 4 aromatic rings. The van der Waals surface area contributed by atoms with Crippen molar-refractivity contribution in [2.75, 3.05) is 10.8 Å². The van der Waals surface area contributed by atoms with Crippen LogP contribution in [-0.4, -0.2) is 43.8 Å². The van der Waals surface area contributed by atoms with Gasteiger partial charge in [0.2, 0.25) is 11.8 Å². The number of hydrogen-bond donors (Lipinski definition) is 1. The third-order valence-corrected chi connectivity index (χ3v) is 10.8. The van der Waals surface area contributed by atoms with Crippen LogP contribution in [0.5, 0.6) is 0 Å². The molecule has 5 rings (SSSR count). The van der Waals surface area contributed by atoms with Crippen molar-refractivity contribution in [1.29, 1.82) is 0 Å². The number of carbonyl (C=O) groups is 2. The summed E-state index contributed by atoms with van der Waals surface area (Å²) < 4.78 is 29.3. The van der Waals surface area contributed by atoms with Gasteiger partial charge in [-0.05, 0) is 55.2 Å². The average Bonchev–Trinajstić information content (AvgIpc) is 3.57. The van der Waals surface area contributed by atoms with Crippen LogP contribution in [0.1, 0.15) is 42.4 Å². The topological polar surface area (TPSA) is 86.8 Å². The second-order valence-electron chi connectivity index (χ2n) is 11.6. The highest BCUT2D eigenvalue weighted by molar-refractivity contribution is 7.92. The second-order valence-corrected chi connectivity index (χ2v) is 14.3. The van der Waals surface area contributed by atoms with Crippen molar-refractivity contribution in [1.82, 2.24) is 10.2 Å². The van der Waals surface area contributed by atoms with Crippen LogP contribution in [0.25, 0.3) is 0 Å². The van der Waals surface area contributed by atoms with Crippen molar-refractivity contribution in [3.63, 3.8) is 0 Å². The average molecular weight is 679 g/mol. The van der Waals surface area contributed by atoms with E-state index in [1.807, 2.05) is 61.5 Å². The maximum atomic E-state index is 14.6. The van der Waals surface area contributed by atoms with Crippen LogP contribution in [0, 0.1) is 6.92 Å². The highest BCUT2D eigenvalue weighted by atomic mass is 35.5. The molecule has 1 fully saturated rings. The molecule has 2 amide bonds. The van der Waals surface area contributed by atoms with E-state index in [0.717, 1.165) is 46.7 Å². The van der Waals surface area contributed by atoms with Gasteiger partial charge in [-0.2, -0.15) is 0 Å². The molecule has 1 aliphatic carbocycles. The summed E-state index contributed by atoms with van der Waals surface area (Å²) in [5, 5.41) is 3.34. The maximum absolute atomic E-state index is 14.6. The number of halogens is 2. The zero-order valence-corrected chi connectivity index (χ0v) is 27.9. The Bertz CT molecular complexity index is 1760. The molecule has 0 unspecified atom stereocenters. The fourth-order valence-corrected chi connectivity index (χ4v) is 7.74. The van der Waals surface area contributed by atoms with Crippen LogP contribution in [0.3, 0.4) is 0 Å². The molecule has 0 heterocycles. The van der Waals surface area contributed by atoms with Gasteiger partial charge in [-0.15, -0.1) is 0 Å². The zero-order chi connectivity index (χ0) is 32.7. The van der Waals surface area contributed by atoms with Gasteiger partial charge in [0.05, 0.1) is 20.6 Å². The van der Waals surface area contributed by atoms with Gasteiger partial charge in [0.25, 0.3) is 10.0 Å². The summed E-state index contributed by atoms with van der Waals surface area (Å²) in [5.41, 5.74) is 2.76. The largest absolute Gasteiger partial charge is 0.352 e. The Kier molecular flexibility index (Phi) is 11.0. The SMILES string of the molecule is Cc1cccc(CN(C(=O)CN(c2cccc(Cl)c2Cl)S(=O)(=O)c2ccccc2)[C@H](Cc2ccccc2)C(=O)NC2CCCC2)c1. The summed E-state index contributed by atoms with van der Waals surface area (Å²) in [6.45, 7) is 1.45. The quantitative estimate of drug-likeness (QED) is 0.172. The fourth-order valence-electron chi connectivity index (χ4n) is 5.85. The van der Waals surface area contributed by atoms with Gasteiger partial charge >= 0.3 is 0 Å². The van der Waals surface area contributed by atoms with E-state index < -0.39 is 28.5 Å². The summed E-state index contributed by atoms with van der Waals surface area (Å²) >= 11 is 12.9. The molecule has 0 aliphatic heterocycles. The molecule has 0 radical (unpaired) electrons. The van der Waals surface area contributed by atoms with E-state index in [4.69, 9.17) is 23.2 Å². The minimum Gasteiger partial charge on any atom is -0.352 e. The molecule has 10 heteroatoms. The molecule has 1 N–H and O–H groups in total. The standard InChI is InChI=1S/C36H37Cl2N3O4S/c1-26-12-10-15-28(22-26)24-40(33(23-27-13-4-2-5-14-27)36(43)39-29-16-8-9-17-29)34(42)25-41(32-21-11-20-31(37)35(32)38)46(44,45)30-18-6-3-7-19-30/h2-7,10-15,18-22,29,33H,8-9,16-17,23-25H2,1H3,(H,39,43)/t33-/m1/s1. The van der Waals surface area contributed by atoms with E-state index in [9.17, 15) is 18.0 Å². The lowest BCUT2D eigenvalue weighted by Gasteiger charge is -2.34. The van der Waals surface area contributed by atoms with E-state index in [-0.39, 0.29) is 45.5 Å². The number of nitrogens with zero attached hydrogens (tertiary/aromatic N) is 2. The van der Waals surface area contributed by atoms with E-state index in [1.165, 1.54) is 23.1 Å². The number of rotatable bonds is 12. The van der Waals surface area contributed by atoms with Crippen molar-refractivity contribution in [3.8, 4) is 0 Å². The first-order valence-electron chi connectivity index (χ1n) is 15.3. The normalized spacial score (nSPS) is 14.1. The monoisotopic (exact) mass is 677 g/mol. The highest BCUT2D eigenvalue weighted by Gasteiger charge is 2.36. The first kappa shape index (κ1) is 33.5. The Morgan fingerprint density at radius 2 is 1.48 bits per heavy atom. The number of benzene rings is 4. The van der Waals surface area contributed by atoms with Crippen molar-refractivity contribution in [2.24, 2.45) is 0 Å². The Morgan fingerprint density at radius 1 is 0.848 bits per heavy atom. The van der Waals surface area contributed by atoms with Crippen LogP contribution >= 0.6 is 23.2 Å². The number of carbonyl (C=O) groups excluding carboxylic acids is 2. The Balaban J connectivity index is 1.59. The molecular weight excluding hydrogens is 641 g/mol. The number of hydrogen-bond acceptors (Lipinski definition) is 4. The van der Waals surface area contributed by atoms with Gasteiger partial charge in [0.1, 0.15) is 12.6 Å². The molecule has 0 saturated heterocycles. The lowest BCUT2D eigenvalue weighted by Crippen LogP contribution is -2.54. The number of aryl methyl sites for hydroxylation is 1. The van der Waals surface area contributed by atoms with E-state index in [2.05, 4.69) is 5.32 Å². The van der Waals surface area contributed by atoms with Gasteiger partial charge < -0.3 is 10.2 Å². The molecule has 1 saturated carbocycles. The summed E-state index contributed by atoms with van der Waals surface area (Å²) in [7, 11) is -4.28. The Labute approximate surface area is 281 Å². The van der Waals surface area contributed by atoms with E-state index >= 15 is 0 Å². The molecule has 46 heavy (non-hydrogen) atoms. The molecule has 0 aromatic heterocycles. The number of amides is 2. The Hall–Kier alpha value is -3.85. The lowest BCUT2D eigenvalue weighted by molar-refractivity contribution is -0.140. The summed E-state index contributed by atoms with van der Waals surface area (Å²) in [5.74, 6) is -0.824. The molecule has 0 spiro atoms. The van der Waals surface area contributed by atoms with Crippen molar-refractivity contribution >= 4 is 50.7 Å². The minimum absolute atomic E-state index is 0.00141. The molecular formula is C36H37Cl2N3O4S. The first-order chi connectivity index (χ1) is 22.1. The third-order valence-electron chi connectivity index (χ3n) is 8.22. The van der Waals surface area contributed by atoms with Crippen molar-refractivity contribution in [3.05, 3.63) is 130 Å². The van der Waals surface area contributed by atoms with Crippen LogP contribution in [0.2, 0.25) is 10.0 Å². The summed E-state index contributed by atoms with van der Waals surface area (Å²) in [6, 6.07) is 28.9. The number of sulfonamides is 1. The maximum Gasteiger partial charge on any atom is 0.264 e.